The van der Waals surface area contributed by atoms with E-state index >= 15 is 0 Å². The molecule has 3 atom stereocenters. The molecule has 2 nitrogen and oxygen atoms in total. The molecule has 1 aliphatic carbocycles. The first-order chi connectivity index (χ1) is 9.81. The Bertz CT molecular complexity index is 441. The molecule has 1 N–H and O–H groups in total. The molecule has 0 amide bonds. The number of nitrogens with one attached hydrogen (secondary N) is 1. The van der Waals surface area contributed by atoms with Gasteiger partial charge in [-0.2, -0.15) is 0 Å². The van der Waals surface area contributed by atoms with Gasteiger partial charge in [-0.05, 0) is 57.2 Å². The van der Waals surface area contributed by atoms with E-state index in [4.69, 9.17) is 0 Å². The van der Waals surface area contributed by atoms with E-state index < -0.39 is 0 Å². The van der Waals surface area contributed by atoms with Crippen molar-refractivity contribution in [2.24, 2.45) is 5.92 Å². The molecule has 0 aromatic heterocycles. The molecule has 0 spiro atoms. The number of nitrogens with zero attached hydrogens (tertiary/aromatic N) is 1. The van der Waals surface area contributed by atoms with Gasteiger partial charge in [-0.1, -0.05) is 31.0 Å². The molecule has 1 saturated heterocycles. The van der Waals surface area contributed by atoms with Gasteiger partial charge in [-0.15, -0.1) is 0 Å². The van der Waals surface area contributed by atoms with Crippen molar-refractivity contribution in [2.75, 3.05) is 18.5 Å². The lowest BCUT2D eigenvalue weighted by molar-refractivity contribution is 0.243. The molecule has 2 aliphatic rings. The fourth-order valence-corrected chi connectivity index (χ4v) is 4.19. The van der Waals surface area contributed by atoms with Crippen LogP contribution in [0.15, 0.2) is 24.3 Å². The molecule has 0 bridgehead atoms. The first-order valence-electron chi connectivity index (χ1n) is 8.34. The van der Waals surface area contributed by atoms with E-state index in [2.05, 4.69) is 48.5 Å². The lowest BCUT2D eigenvalue weighted by Crippen LogP contribution is -2.47. The molecular formula is C18H28N2. The number of rotatable bonds is 3. The number of hydrogen-bond donors (Lipinski definition) is 1. The van der Waals surface area contributed by atoms with Crippen LogP contribution in [-0.2, 0) is 0 Å². The Morgan fingerprint density at radius 2 is 1.85 bits per heavy atom. The molecule has 1 saturated carbocycles. The molecule has 1 aromatic carbocycles. The minimum atomic E-state index is 0.426. The lowest BCUT2D eigenvalue weighted by atomic mass is 9.78. The summed E-state index contributed by atoms with van der Waals surface area (Å²) in [6, 6.07) is 10.2. The Balaban J connectivity index is 1.91. The van der Waals surface area contributed by atoms with E-state index in [0.717, 1.165) is 12.0 Å². The normalized spacial score (nSPS) is 28.0. The topological polar surface area (TPSA) is 15.3 Å². The summed E-state index contributed by atoms with van der Waals surface area (Å²) >= 11 is 0. The number of para-hydroxylation sites is 1. The summed E-state index contributed by atoms with van der Waals surface area (Å²) in [6.45, 7) is 3.51. The first kappa shape index (κ1) is 13.9. The third kappa shape index (κ3) is 2.58. The second-order valence-electron chi connectivity index (χ2n) is 6.52. The van der Waals surface area contributed by atoms with E-state index in [0.29, 0.717) is 6.04 Å². The largest absolute Gasteiger partial charge is 0.368 e. The Kier molecular flexibility index (Phi) is 4.30. The predicted octanol–water partition coefficient (Wildman–Crippen LogP) is 4.13. The smallest absolute Gasteiger partial charge is 0.0417 e. The summed E-state index contributed by atoms with van der Waals surface area (Å²) in [4.78, 5) is 2.73. The zero-order chi connectivity index (χ0) is 13.9. The van der Waals surface area contributed by atoms with Crippen molar-refractivity contribution in [3.8, 4) is 0 Å². The second kappa shape index (κ2) is 6.17. The summed E-state index contributed by atoms with van der Waals surface area (Å²) in [5.41, 5.74) is 2.94. The zero-order valence-electron chi connectivity index (χ0n) is 12.9. The maximum Gasteiger partial charge on any atom is 0.0417 e. The highest BCUT2D eigenvalue weighted by Gasteiger charge is 2.34. The third-order valence-electron chi connectivity index (χ3n) is 5.39. The van der Waals surface area contributed by atoms with Crippen LogP contribution in [0.5, 0.6) is 0 Å². The van der Waals surface area contributed by atoms with Crippen LogP contribution in [-0.4, -0.2) is 19.6 Å². The van der Waals surface area contributed by atoms with Gasteiger partial charge in [-0.25, -0.2) is 0 Å². The van der Waals surface area contributed by atoms with E-state index in [1.54, 1.807) is 0 Å². The van der Waals surface area contributed by atoms with Crippen LogP contribution in [0.1, 0.15) is 57.1 Å². The van der Waals surface area contributed by atoms with Gasteiger partial charge < -0.3 is 10.2 Å². The molecule has 0 radical (unpaired) electrons. The van der Waals surface area contributed by atoms with Gasteiger partial charge in [0.1, 0.15) is 0 Å². The van der Waals surface area contributed by atoms with Gasteiger partial charge in [0.15, 0.2) is 0 Å². The van der Waals surface area contributed by atoms with Crippen molar-refractivity contribution in [1.29, 1.82) is 0 Å². The molecule has 110 valence electrons. The SMILES string of the molecule is CNC(C)c1ccccc1N1CCCC2CCCCC21. The standard InChI is InChI=1S/C18H28N2/c1-14(19-2)16-10-4-6-12-18(16)20-13-7-9-15-8-3-5-11-17(15)20/h4,6,10,12,14-15,17,19H,3,5,7-9,11,13H2,1-2H3. The van der Waals surface area contributed by atoms with Crippen LogP contribution >= 0.6 is 0 Å². The van der Waals surface area contributed by atoms with Crippen molar-refractivity contribution < 1.29 is 0 Å². The van der Waals surface area contributed by atoms with E-state index in [1.807, 2.05) is 0 Å². The summed E-state index contributed by atoms with van der Waals surface area (Å²) < 4.78 is 0. The van der Waals surface area contributed by atoms with E-state index in [-0.39, 0.29) is 0 Å². The summed E-state index contributed by atoms with van der Waals surface area (Å²) in [5, 5.41) is 3.41. The number of piperidine rings is 1. The molecule has 2 heteroatoms. The fourth-order valence-electron chi connectivity index (χ4n) is 4.19. The number of benzene rings is 1. The van der Waals surface area contributed by atoms with Crippen molar-refractivity contribution >= 4 is 5.69 Å². The number of fused-ring (bicyclic) bond motifs is 1. The van der Waals surface area contributed by atoms with Crippen molar-refractivity contribution in [3.63, 3.8) is 0 Å². The zero-order valence-corrected chi connectivity index (χ0v) is 12.9. The molecule has 1 aromatic rings. The van der Waals surface area contributed by atoms with Crippen LogP contribution < -0.4 is 10.2 Å². The summed E-state index contributed by atoms with van der Waals surface area (Å²) in [5.74, 6) is 0.940. The minimum Gasteiger partial charge on any atom is -0.368 e. The van der Waals surface area contributed by atoms with Crippen LogP contribution in [0, 0.1) is 5.92 Å². The quantitative estimate of drug-likeness (QED) is 0.890. The van der Waals surface area contributed by atoms with Gasteiger partial charge in [0.05, 0.1) is 0 Å². The molecular weight excluding hydrogens is 244 g/mol. The summed E-state index contributed by atoms with van der Waals surface area (Å²) in [6.07, 6.45) is 8.52. The molecule has 2 fully saturated rings. The van der Waals surface area contributed by atoms with Gasteiger partial charge in [0.2, 0.25) is 0 Å². The average molecular weight is 272 g/mol. The Morgan fingerprint density at radius 3 is 2.70 bits per heavy atom. The minimum absolute atomic E-state index is 0.426. The molecule has 3 rings (SSSR count). The van der Waals surface area contributed by atoms with Crippen LogP contribution in [0.25, 0.3) is 0 Å². The molecule has 1 aliphatic heterocycles. The molecule has 20 heavy (non-hydrogen) atoms. The highest BCUT2D eigenvalue weighted by atomic mass is 15.2. The Labute approximate surface area is 123 Å². The Morgan fingerprint density at radius 1 is 1.10 bits per heavy atom. The van der Waals surface area contributed by atoms with Gasteiger partial charge in [0, 0.05) is 24.3 Å². The van der Waals surface area contributed by atoms with Crippen LogP contribution in [0.2, 0.25) is 0 Å². The number of hydrogen-bond acceptors (Lipinski definition) is 2. The molecule has 3 unspecified atom stereocenters. The van der Waals surface area contributed by atoms with E-state index in [9.17, 15) is 0 Å². The highest BCUT2D eigenvalue weighted by molar-refractivity contribution is 5.56. The van der Waals surface area contributed by atoms with Crippen LogP contribution in [0.3, 0.4) is 0 Å². The first-order valence-corrected chi connectivity index (χ1v) is 8.34. The van der Waals surface area contributed by atoms with Crippen molar-refractivity contribution in [1.82, 2.24) is 5.32 Å². The van der Waals surface area contributed by atoms with Gasteiger partial charge in [-0.3, -0.25) is 0 Å². The number of anilines is 1. The summed E-state index contributed by atoms with van der Waals surface area (Å²) in [7, 11) is 2.06. The second-order valence-corrected chi connectivity index (χ2v) is 6.52. The Hall–Kier alpha value is -1.02. The van der Waals surface area contributed by atoms with Gasteiger partial charge in [0.25, 0.3) is 0 Å². The lowest BCUT2D eigenvalue weighted by Gasteiger charge is -2.46. The molecule has 1 heterocycles. The third-order valence-corrected chi connectivity index (χ3v) is 5.39. The van der Waals surface area contributed by atoms with Crippen molar-refractivity contribution in [2.45, 2.75) is 57.5 Å². The highest BCUT2D eigenvalue weighted by Crippen LogP contribution is 2.39. The van der Waals surface area contributed by atoms with E-state index in [1.165, 1.54) is 56.3 Å². The maximum atomic E-state index is 3.41. The van der Waals surface area contributed by atoms with Gasteiger partial charge >= 0.3 is 0 Å². The fraction of sp³-hybridized carbons (Fsp3) is 0.667. The van der Waals surface area contributed by atoms with Crippen LogP contribution in [0.4, 0.5) is 5.69 Å². The maximum absolute atomic E-state index is 3.41. The van der Waals surface area contributed by atoms with Crippen molar-refractivity contribution in [3.05, 3.63) is 29.8 Å². The predicted molar refractivity (Wildman–Crippen MR) is 86.2 cm³/mol. The average Bonchev–Trinajstić information content (AvgIpc) is 2.53. The monoisotopic (exact) mass is 272 g/mol.